The summed E-state index contributed by atoms with van der Waals surface area (Å²) in [4.78, 5) is 45.5. The molecule has 0 radical (unpaired) electrons. The minimum absolute atomic E-state index is 0.233. The van der Waals surface area contributed by atoms with Crippen LogP contribution in [0.5, 0.6) is 0 Å². The van der Waals surface area contributed by atoms with Crippen LogP contribution in [-0.2, 0) is 10.2 Å². The summed E-state index contributed by atoms with van der Waals surface area (Å²) in [5.74, 6) is -1.87. The lowest BCUT2D eigenvalue weighted by molar-refractivity contribution is -0.121. The average Bonchev–Trinajstić information content (AvgIpc) is 3.45. The van der Waals surface area contributed by atoms with Crippen LogP contribution in [0.3, 0.4) is 0 Å². The van der Waals surface area contributed by atoms with E-state index in [0.717, 1.165) is 11.3 Å². The highest BCUT2D eigenvalue weighted by atomic mass is 35.5. The Morgan fingerprint density at radius 3 is 2.23 bits per heavy atom. The van der Waals surface area contributed by atoms with E-state index in [9.17, 15) is 14.4 Å². The Morgan fingerprint density at radius 1 is 0.775 bits per heavy atom. The van der Waals surface area contributed by atoms with Crippen LogP contribution in [0.2, 0.25) is 10.0 Å². The maximum absolute atomic E-state index is 14.7. The Bertz CT molecular complexity index is 1730. The summed E-state index contributed by atoms with van der Waals surface area (Å²) in [7, 11) is 0. The van der Waals surface area contributed by atoms with Gasteiger partial charge in [-0.25, -0.2) is 0 Å². The highest BCUT2D eigenvalue weighted by Crippen LogP contribution is 2.58. The Morgan fingerprint density at radius 2 is 1.45 bits per heavy atom. The van der Waals surface area contributed by atoms with Crippen molar-refractivity contribution < 1.29 is 14.4 Å². The zero-order valence-corrected chi connectivity index (χ0v) is 22.6. The van der Waals surface area contributed by atoms with Gasteiger partial charge in [-0.15, -0.1) is 0 Å². The van der Waals surface area contributed by atoms with Gasteiger partial charge in [0.25, 0.3) is 0 Å². The van der Waals surface area contributed by atoms with Gasteiger partial charge in [-0.1, -0.05) is 83.9 Å². The maximum atomic E-state index is 14.7. The number of amides is 1. The summed E-state index contributed by atoms with van der Waals surface area (Å²) >= 11 is 12.5. The molecule has 3 aliphatic rings. The first kappa shape index (κ1) is 24.8. The van der Waals surface area contributed by atoms with Gasteiger partial charge in [0.1, 0.15) is 11.5 Å². The number of fused-ring (bicyclic) bond motifs is 6. The molecule has 0 aliphatic carbocycles. The molecule has 7 rings (SSSR count). The third kappa shape index (κ3) is 3.44. The number of nitrogens with one attached hydrogen (secondary N) is 1. The predicted octanol–water partition coefficient (Wildman–Crippen LogP) is 6.85. The van der Waals surface area contributed by atoms with Crippen molar-refractivity contribution in [2.45, 2.75) is 17.5 Å². The molecule has 0 bridgehead atoms. The normalized spacial score (nSPS) is 23.9. The Hall–Kier alpha value is -4.19. The SMILES string of the molecule is O=C(c1ccccc1)[C@H]1[C@H](C(=O)c2ccc(Cl)cc2)[C@]2(C(=O)Nc3ccccc32)[C@H]2C=Cc3cc(Cl)ccc3N12. The summed E-state index contributed by atoms with van der Waals surface area (Å²) < 4.78 is 0. The molecule has 1 saturated heterocycles. The third-order valence-electron chi connectivity index (χ3n) is 8.33. The zero-order chi connectivity index (χ0) is 27.6. The topological polar surface area (TPSA) is 66.5 Å². The van der Waals surface area contributed by atoms with Crippen LogP contribution in [0.1, 0.15) is 31.8 Å². The number of rotatable bonds is 4. The fraction of sp³-hybridized carbons (Fsp3) is 0.121. The number of Topliss-reactive ketones (excluding diaryl/α,β-unsaturated/α-hetero) is 2. The molecular weight excluding hydrogens is 543 g/mol. The van der Waals surface area contributed by atoms with Gasteiger partial charge in [0.15, 0.2) is 11.6 Å². The van der Waals surface area contributed by atoms with Gasteiger partial charge < -0.3 is 10.2 Å². The monoisotopic (exact) mass is 564 g/mol. The molecule has 7 heteroatoms. The molecule has 1 fully saturated rings. The van der Waals surface area contributed by atoms with Gasteiger partial charge in [-0.2, -0.15) is 0 Å². The summed E-state index contributed by atoms with van der Waals surface area (Å²) in [5, 5.41) is 4.08. The predicted molar refractivity (Wildman–Crippen MR) is 157 cm³/mol. The Kier molecular flexibility index (Phi) is 5.70. The lowest BCUT2D eigenvalue weighted by Crippen LogP contribution is -2.51. The highest BCUT2D eigenvalue weighted by molar-refractivity contribution is 6.31. The molecule has 3 heterocycles. The van der Waals surface area contributed by atoms with Crippen molar-refractivity contribution in [3.63, 3.8) is 0 Å². The first-order chi connectivity index (χ1) is 19.4. The van der Waals surface area contributed by atoms with Crippen molar-refractivity contribution in [2.75, 3.05) is 10.2 Å². The van der Waals surface area contributed by atoms with E-state index in [0.29, 0.717) is 32.4 Å². The van der Waals surface area contributed by atoms with Crippen LogP contribution in [0.4, 0.5) is 11.4 Å². The van der Waals surface area contributed by atoms with Crippen molar-refractivity contribution in [1.82, 2.24) is 0 Å². The molecule has 4 aromatic rings. The number of anilines is 2. The summed E-state index contributed by atoms with van der Waals surface area (Å²) in [6.45, 7) is 0. The average molecular weight is 565 g/mol. The van der Waals surface area contributed by atoms with Gasteiger partial charge in [0.05, 0.1) is 12.0 Å². The number of para-hydroxylation sites is 1. The smallest absolute Gasteiger partial charge is 0.238 e. The summed E-state index contributed by atoms with van der Waals surface area (Å²) in [6, 6.07) is 26.9. The van der Waals surface area contributed by atoms with Gasteiger partial charge >= 0.3 is 0 Å². The largest absolute Gasteiger partial charge is 0.352 e. The van der Waals surface area contributed by atoms with Gasteiger partial charge in [-0.05, 0) is 59.7 Å². The highest BCUT2D eigenvalue weighted by Gasteiger charge is 2.70. The number of carbonyl (C=O) groups is 3. The van der Waals surface area contributed by atoms with Crippen molar-refractivity contribution in [2.24, 2.45) is 5.92 Å². The van der Waals surface area contributed by atoms with E-state index >= 15 is 0 Å². The van der Waals surface area contributed by atoms with E-state index in [4.69, 9.17) is 23.2 Å². The van der Waals surface area contributed by atoms with Crippen LogP contribution in [0, 0.1) is 5.92 Å². The number of hydrogen-bond acceptors (Lipinski definition) is 4. The molecule has 3 aliphatic heterocycles. The number of carbonyl (C=O) groups excluding carboxylic acids is 3. The van der Waals surface area contributed by atoms with Crippen molar-refractivity contribution in [3.8, 4) is 0 Å². The van der Waals surface area contributed by atoms with E-state index in [1.54, 1.807) is 54.6 Å². The molecule has 5 nitrogen and oxygen atoms in total. The quantitative estimate of drug-likeness (QED) is 0.275. The van der Waals surface area contributed by atoms with Crippen molar-refractivity contribution in [3.05, 3.63) is 135 Å². The van der Waals surface area contributed by atoms with Crippen LogP contribution in [0.15, 0.2) is 103 Å². The molecule has 1 spiro atoms. The van der Waals surface area contributed by atoms with E-state index < -0.39 is 23.4 Å². The number of ketones is 2. The van der Waals surface area contributed by atoms with Gasteiger partial charge in [0.2, 0.25) is 5.91 Å². The number of halogens is 2. The van der Waals surface area contributed by atoms with Gasteiger partial charge in [0, 0.05) is 32.5 Å². The molecule has 4 aromatic carbocycles. The Balaban J connectivity index is 1.54. The lowest BCUT2D eigenvalue weighted by atomic mass is 9.64. The number of benzene rings is 4. The minimum Gasteiger partial charge on any atom is -0.352 e. The second-order valence-corrected chi connectivity index (χ2v) is 11.2. The number of nitrogens with zero attached hydrogens (tertiary/aromatic N) is 1. The first-order valence-corrected chi connectivity index (χ1v) is 13.7. The van der Waals surface area contributed by atoms with Crippen molar-refractivity contribution >= 4 is 58.1 Å². The molecule has 0 saturated carbocycles. The van der Waals surface area contributed by atoms with Crippen LogP contribution in [-0.4, -0.2) is 29.6 Å². The molecule has 196 valence electrons. The van der Waals surface area contributed by atoms with Crippen LogP contribution in [0.25, 0.3) is 6.08 Å². The summed E-state index contributed by atoms with van der Waals surface area (Å²) in [5.41, 5.74) is 2.39. The van der Waals surface area contributed by atoms with Crippen LogP contribution >= 0.6 is 23.2 Å². The molecule has 4 atom stereocenters. The standard InChI is InChI=1S/C33H22Cl2N2O3/c34-22-13-10-20(11-14-22)30(38)28-29(31(39)19-6-2-1-3-7-19)37-26-16-15-23(35)18-21(26)12-17-27(37)33(28)24-8-4-5-9-25(24)36-32(33)40/h1-18,27-29H,(H,36,40)/t27-,28-,29-,33-/m1/s1. The molecule has 1 amide bonds. The molecule has 0 aromatic heterocycles. The van der Waals surface area contributed by atoms with E-state index in [1.807, 2.05) is 59.5 Å². The fourth-order valence-electron chi connectivity index (χ4n) is 6.72. The molecular formula is C33H22Cl2N2O3. The number of hydrogen-bond donors (Lipinski definition) is 1. The minimum atomic E-state index is -1.36. The van der Waals surface area contributed by atoms with Crippen molar-refractivity contribution in [1.29, 1.82) is 0 Å². The Labute approximate surface area is 241 Å². The fourth-order valence-corrected chi connectivity index (χ4v) is 7.02. The second-order valence-electron chi connectivity index (χ2n) is 10.3. The maximum Gasteiger partial charge on any atom is 0.238 e. The summed E-state index contributed by atoms with van der Waals surface area (Å²) in [6.07, 6.45) is 3.86. The van der Waals surface area contributed by atoms with Crippen LogP contribution < -0.4 is 10.2 Å². The molecule has 40 heavy (non-hydrogen) atoms. The zero-order valence-electron chi connectivity index (χ0n) is 21.1. The third-order valence-corrected chi connectivity index (χ3v) is 8.82. The van der Waals surface area contributed by atoms with E-state index in [-0.39, 0.29) is 17.5 Å². The van der Waals surface area contributed by atoms with Gasteiger partial charge in [-0.3, -0.25) is 14.4 Å². The first-order valence-electron chi connectivity index (χ1n) is 13.0. The molecule has 0 unspecified atom stereocenters. The molecule has 1 N–H and O–H groups in total. The van der Waals surface area contributed by atoms with E-state index in [2.05, 4.69) is 5.32 Å². The second kappa shape index (κ2) is 9.19. The van der Waals surface area contributed by atoms with E-state index in [1.165, 1.54) is 0 Å². The lowest BCUT2D eigenvalue weighted by Gasteiger charge is -2.37.